The van der Waals surface area contributed by atoms with Gasteiger partial charge in [-0.15, -0.1) is 0 Å². The third-order valence-corrected chi connectivity index (χ3v) is 1.95. The monoisotopic (exact) mass is 222 g/mol. The molecule has 0 aromatic heterocycles. The molecule has 16 heavy (non-hydrogen) atoms. The van der Waals surface area contributed by atoms with E-state index in [1.54, 1.807) is 12.1 Å². The Labute approximate surface area is 95.9 Å². The lowest BCUT2D eigenvalue weighted by molar-refractivity contribution is 0.0552. The summed E-state index contributed by atoms with van der Waals surface area (Å²) in [5.41, 5.74) is 6.05. The van der Waals surface area contributed by atoms with Crippen molar-refractivity contribution in [1.82, 2.24) is 0 Å². The second kappa shape index (κ2) is 6.12. The van der Waals surface area contributed by atoms with E-state index in [4.69, 9.17) is 20.6 Å². The van der Waals surface area contributed by atoms with E-state index >= 15 is 0 Å². The molecule has 0 aliphatic heterocycles. The average molecular weight is 222 g/mol. The summed E-state index contributed by atoms with van der Waals surface area (Å²) in [6.45, 7) is 5.02. The van der Waals surface area contributed by atoms with Crippen LogP contribution in [-0.4, -0.2) is 25.2 Å². The molecule has 0 unspecified atom stereocenters. The summed E-state index contributed by atoms with van der Waals surface area (Å²) in [4.78, 5) is 0. The van der Waals surface area contributed by atoms with Crippen LogP contribution in [0, 0.1) is 5.41 Å². The zero-order valence-electron chi connectivity index (χ0n) is 9.69. The van der Waals surface area contributed by atoms with Crippen LogP contribution in [0.2, 0.25) is 0 Å². The zero-order chi connectivity index (χ0) is 12.0. The molecular formula is C12H18N2O2. The highest BCUT2D eigenvalue weighted by Gasteiger charge is 1.99. The summed E-state index contributed by atoms with van der Waals surface area (Å²) < 4.78 is 10.8. The Morgan fingerprint density at radius 2 is 2.12 bits per heavy atom. The molecule has 0 fully saturated rings. The van der Waals surface area contributed by atoms with Gasteiger partial charge in [0.1, 0.15) is 18.2 Å². The van der Waals surface area contributed by atoms with E-state index in [0.29, 0.717) is 24.5 Å². The molecule has 0 heterocycles. The number of ether oxygens (including phenoxy) is 2. The third kappa shape index (κ3) is 4.31. The molecule has 1 aromatic rings. The van der Waals surface area contributed by atoms with Gasteiger partial charge in [0.2, 0.25) is 0 Å². The van der Waals surface area contributed by atoms with Crippen molar-refractivity contribution in [3.8, 4) is 5.75 Å². The van der Waals surface area contributed by atoms with Gasteiger partial charge in [0.15, 0.2) is 0 Å². The maximum absolute atomic E-state index is 7.30. The average Bonchev–Trinajstić information content (AvgIpc) is 2.24. The first kappa shape index (κ1) is 12.5. The number of hydrogen-bond acceptors (Lipinski definition) is 3. The molecule has 0 bridgehead atoms. The number of hydrogen-bond donors (Lipinski definition) is 2. The minimum atomic E-state index is 0.0453. The standard InChI is InChI=1S/C12H18N2O2/c1-9(2)15-6-7-16-11-5-3-4-10(8-11)12(13)14/h3-5,8-9H,6-7H2,1-2H3,(H3,13,14). The summed E-state index contributed by atoms with van der Waals surface area (Å²) in [5.74, 6) is 0.754. The molecule has 0 radical (unpaired) electrons. The van der Waals surface area contributed by atoms with Gasteiger partial charge < -0.3 is 15.2 Å². The van der Waals surface area contributed by atoms with Crippen LogP contribution < -0.4 is 10.5 Å². The van der Waals surface area contributed by atoms with Crippen LogP contribution in [0.1, 0.15) is 19.4 Å². The predicted octanol–water partition coefficient (Wildman–Crippen LogP) is 1.77. The largest absolute Gasteiger partial charge is 0.491 e. The Bertz CT molecular complexity index is 351. The first-order chi connectivity index (χ1) is 7.59. The van der Waals surface area contributed by atoms with Gasteiger partial charge in [0.05, 0.1) is 12.7 Å². The number of nitrogen functional groups attached to an aromatic ring is 1. The number of nitrogens with one attached hydrogen (secondary N) is 1. The molecule has 3 N–H and O–H groups in total. The predicted molar refractivity (Wildman–Crippen MR) is 64.0 cm³/mol. The Balaban J connectivity index is 2.42. The molecule has 1 rings (SSSR count). The van der Waals surface area contributed by atoms with Gasteiger partial charge in [0, 0.05) is 5.56 Å². The molecule has 0 saturated carbocycles. The molecule has 4 heteroatoms. The maximum atomic E-state index is 7.30. The Morgan fingerprint density at radius 3 is 2.75 bits per heavy atom. The van der Waals surface area contributed by atoms with Crippen LogP contribution in [0.4, 0.5) is 0 Å². The van der Waals surface area contributed by atoms with Crippen LogP contribution in [0.25, 0.3) is 0 Å². The van der Waals surface area contributed by atoms with Gasteiger partial charge in [-0.25, -0.2) is 0 Å². The van der Waals surface area contributed by atoms with Gasteiger partial charge in [-0.3, -0.25) is 5.41 Å². The van der Waals surface area contributed by atoms with Crippen LogP contribution in [0.5, 0.6) is 5.75 Å². The van der Waals surface area contributed by atoms with E-state index in [0.717, 1.165) is 0 Å². The van der Waals surface area contributed by atoms with Crippen LogP contribution in [-0.2, 0) is 4.74 Å². The normalized spacial score (nSPS) is 10.4. The van der Waals surface area contributed by atoms with Gasteiger partial charge in [-0.1, -0.05) is 12.1 Å². The topological polar surface area (TPSA) is 68.3 Å². The SMILES string of the molecule is CC(C)OCCOc1cccc(C(=N)N)c1. The fourth-order valence-electron chi connectivity index (χ4n) is 1.20. The highest BCUT2D eigenvalue weighted by molar-refractivity contribution is 5.95. The fourth-order valence-corrected chi connectivity index (χ4v) is 1.20. The van der Waals surface area contributed by atoms with Gasteiger partial charge in [-0.05, 0) is 26.0 Å². The highest BCUT2D eigenvalue weighted by atomic mass is 16.5. The van der Waals surface area contributed by atoms with E-state index in [1.807, 2.05) is 26.0 Å². The van der Waals surface area contributed by atoms with Crippen LogP contribution >= 0.6 is 0 Å². The van der Waals surface area contributed by atoms with Crippen molar-refractivity contribution in [1.29, 1.82) is 5.41 Å². The smallest absolute Gasteiger partial charge is 0.122 e. The quantitative estimate of drug-likeness (QED) is 0.438. The van der Waals surface area contributed by atoms with E-state index in [1.165, 1.54) is 0 Å². The fraction of sp³-hybridized carbons (Fsp3) is 0.417. The summed E-state index contributed by atoms with van der Waals surface area (Å²) >= 11 is 0. The number of amidine groups is 1. The minimum absolute atomic E-state index is 0.0453. The van der Waals surface area contributed by atoms with E-state index in [-0.39, 0.29) is 11.9 Å². The lowest BCUT2D eigenvalue weighted by Crippen LogP contribution is -2.13. The Kier molecular flexibility index (Phi) is 4.79. The van der Waals surface area contributed by atoms with Gasteiger partial charge in [-0.2, -0.15) is 0 Å². The van der Waals surface area contributed by atoms with Crippen molar-refractivity contribution in [3.63, 3.8) is 0 Å². The number of rotatable bonds is 6. The van der Waals surface area contributed by atoms with E-state index < -0.39 is 0 Å². The summed E-state index contributed by atoms with van der Waals surface area (Å²) in [5, 5.41) is 7.30. The van der Waals surface area contributed by atoms with Crippen molar-refractivity contribution in [2.45, 2.75) is 20.0 Å². The number of benzene rings is 1. The number of nitrogens with two attached hydrogens (primary N) is 1. The van der Waals surface area contributed by atoms with Crippen LogP contribution in [0.3, 0.4) is 0 Å². The Hall–Kier alpha value is -1.55. The summed E-state index contributed by atoms with van der Waals surface area (Å²) in [6.07, 6.45) is 0.215. The second-order valence-corrected chi connectivity index (χ2v) is 3.71. The van der Waals surface area contributed by atoms with Crippen molar-refractivity contribution in [3.05, 3.63) is 29.8 Å². The second-order valence-electron chi connectivity index (χ2n) is 3.71. The molecule has 1 aromatic carbocycles. The van der Waals surface area contributed by atoms with Crippen molar-refractivity contribution in [2.24, 2.45) is 5.73 Å². The molecule has 0 aliphatic rings. The molecule has 0 saturated heterocycles. The molecule has 0 atom stereocenters. The molecular weight excluding hydrogens is 204 g/mol. The highest BCUT2D eigenvalue weighted by Crippen LogP contribution is 2.12. The van der Waals surface area contributed by atoms with Crippen LogP contribution in [0.15, 0.2) is 24.3 Å². The zero-order valence-corrected chi connectivity index (χ0v) is 9.69. The molecule has 0 amide bonds. The first-order valence-electron chi connectivity index (χ1n) is 5.28. The lowest BCUT2D eigenvalue weighted by atomic mass is 10.2. The van der Waals surface area contributed by atoms with Crippen molar-refractivity contribution < 1.29 is 9.47 Å². The molecule has 4 nitrogen and oxygen atoms in total. The Morgan fingerprint density at radius 1 is 1.38 bits per heavy atom. The van der Waals surface area contributed by atoms with Crippen molar-refractivity contribution in [2.75, 3.05) is 13.2 Å². The van der Waals surface area contributed by atoms with Crippen molar-refractivity contribution >= 4 is 5.84 Å². The summed E-state index contributed by atoms with van der Waals surface area (Å²) in [6, 6.07) is 7.18. The first-order valence-corrected chi connectivity index (χ1v) is 5.28. The maximum Gasteiger partial charge on any atom is 0.122 e. The molecule has 0 spiro atoms. The molecule has 0 aliphatic carbocycles. The third-order valence-electron chi connectivity index (χ3n) is 1.95. The lowest BCUT2D eigenvalue weighted by Gasteiger charge is -2.09. The van der Waals surface area contributed by atoms with E-state index in [9.17, 15) is 0 Å². The van der Waals surface area contributed by atoms with Gasteiger partial charge in [0.25, 0.3) is 0 Å². The summed E-state index contributed by atoms with van der Waals surface area (Å²) in [7, 11) is 0. The van der Waals surface area contributed by atoms with E-state index in [2.05, 4.69) is 0 Å². The minimum Gasteiger partial charge on any atom is -0.491 e. The molecule has 88 valence electrons. The van der Waals surface area contributed by atoms with Gasteiger partial charge >= 0.3 is 0 Å².